The summed E-state index contributed by atoms with van der Waals surface area (Å²) in [6.45, 7) is 0. The average molecular weight is 355 g/mol. The summed E-state index contributed by atoms with van der Waals surface area (Å²) in [5.74, 6) is -0.424. The number of nitrogens with one attached hydrogen (secondary N) is 1. The predicted molar refractivity (Wildman–Crippen MR) is 88.5 cm³/mol. The first-order valence-electron chi connectivity index (χ1n) is 6.39. The number of hydrogen-bond donors (Lipinski definition) is 1. The molecule has 2 aromatic heterocycles. The highest BCUT2D eigenvalue weighted by molar-refractivity contribution is 7.20. The lowest BCUT2D eigenvalue weighted by Gasteiger charge is -2.18. The highest BCUT2D eigenvalue weighted by Crippen LogP contribution is 2.32. The number of anilines is 1. The number of thiazole rings is 1. The average Bonchev–Trinajstić information content (AvgIpc) is 3.10. The van der Waals surface area contributed by atoms with Crippen molar-refractivity contribution in [1.29, 1.82) is 0 Å². The Morgan fingerprint density at radius 2 is 2.23 bits per heavy atom. The summed E-state index contributed by atoms with van der Waals surface area (Å²) in [7, 11) is 1.54. The van der Waals surface area contributed by atoms with Crippen molar-refractivity contribution in [3.63, 3.8) is 0 Å². The second-order valence-corrected chi connectivity index (χ2v) is 7.13. The van der Waals surface area contributed by atoms with E-state index in [1.54, 1.807) is 0 Å². The monoisotopic (exact) mass is 354 g/mol. The lowest BCUT2D eigenvalue weighted by atomic mass is 10.1. The highest BCUT2D eigenvalue weighted by Gasteiger charge is 2.22. The van der Waals surface area contributed by atoms with Crippen LogP contribution >= 0.6 is 34.3 Å². The van der Waals surface area contributed by atoms with Crippen LogP contribution in [0.2, 0.25) is 4.34 Å². The number of amides is 2. The van der Waals surface area contributed by atoms with Crippen LogP contribution in [0.1, 0.15) is 12.8 Å². The van der Waals surface area contributed by atoms with E-state index in [4.69, 9.17) is 11.6 Å². The summed E-state index contributed by atoms with van der Waals surface area (Å²) in [6, 6.07) is 3.70. The van der Waals surface area contributed by atoms with Gasteiger partial charge in [0.05, 0.1) is 14.9 Å². The third-order valence-corrected chi connectivity index (χ3v) is 5.03. The first kappa shape index (κ1) is 15.1. The van der Waals surface area contributed by atoms with Gasteiger partial charge in [0.2, 0.25) is 5.91 Å². The Morgan fingerprint density at radius 1 is 1.41 bits per heavy atom. The summed E-state index contributed by atoms with van der Waals surface area (Å²) in [4.78, 5) is 28.8. The van der Waals surface area contributed by atoms with Gasteiger partial charge in [-0.1, -0.05) is 11.6 Å². The third-order valence-electron chi connectivity index (χ3n) is 3.02. The smallest absolute Gasteiger partial charge is 0.273 e. The zero-order valence-electron chi connectivity index (χ0n) is 11.5. The van der Waals surface area contributed by atoms with E-state index in [1.165, 1.54) is 34.7 Å². The van der Waals surface area contributed by atoms with E-state index < -0.39 is 0 Å². The van der Waals surface area contributed by atoms with Crippen molar-refractivity contribution in [2.75, 3.05) is 12.4 Å². The SMILES string of the molecule is CN1N=C(C(=O)Nc2nc(-c3ccc(Cl)s3)cs2)CCC1=O. The van der Waals surface area contributed by atoms with Gasteiger partial charge in [-0.3, -0.25) is 14.9 Å². The van der Waals surface area contributed by atoms with E-state index >= 15 is 0 Å². The van der Waals surface area contributed by atoms with Crippen LogP contribution in [-0.2, 0) is 9.59 Å². The molecule has 2 aromatic rings. The number of aromatic nitrogens is 1. The van der Waals surface area contributed by atoms with Crippen molar-refractivity contribution in [2.45, 2.75) is 12.8 Å². The molecule has 0 unspecified atom stereocenters. The zero-order chi connectivity index (χ0) is 15.7. The number of carbonyl (C=O) groups excluding carboxylic acids is 2. The minimum atomic E-state index is -0.329. The lowest BCUT2D eigenvalue weighted by molar-refractivity contribution is -0.130. The standard InChI is InChI=1S/C13H11ClN4O2S2/c1-18-11(19)5-2-7(17-18)12(20)16-13-15-8(6-21-13)9-3-4-10(14)22-9/h3-4,6H,2,5H2,1H3,(H,15,16,20). The van der Waals surface area contributed by atoms with E-state index in [0.717, 1.165) is 10.6 Å². The second-order valence-electron chi connectivity index (χ2n) is 4.56. The number of nitrogens with zero attached hydrogens (tertiary/aromatic N) is 3. The van der Waals surface area contributed by atoms with Crippen LogP contribution in [-0.4, -0.2) is 34.6 Å². The molecule has 0 aromatic carbocycles. The molecule has 0 saturated heterocycles. The Kier molecular flexibility index (Phi) is 4.23. The van der Waals surface area contributed by atoms with E-state index in [0.29, 0.717) is 28.0 Å². The summed E-state index contributed by atoms with van der Waals surface area (Å²) < 4.78 is 0.692. The van der Waals surface area contributed by atoms with Crippen LogP contribution in [0.15, 0.2) is 22.6 Å². The minimum absolute atomic E-state index is 0.0948. The molecule has 1 N–H and O–H groups in total. The number of thiophene rings is 1. The van der Waals surface area contributed by atoms with Gasteiger partial charge < -0.3 is 0 Å². The first-order valence-corrected chi connectivity index (χ1v) is 8.47. The molecule has 114 valence electrons. The summed E-state index contributed by atoms with van der Waals surface area (Å²) in [5, 5.41) is 10.2. The normalized spacial score (nSPS) is 14.9. The Labute approximate surface area is 139 Å². The lowest BCUT2D eigenvalue weighted by Crippen LogP contribution is -2.34. The molecule has 9 heteroatoms. The molecule has 0 atom stereocenters. The fourth-order valence-corrected chi connectivity index (χ4v) is 3.68. The maximum atomic E-state index is 12.1. The quantitative estimate of drug-likeness (QED) is 0.920. The zero-order valence-corrected chi connectivity index (χ0v) is 13.9. The predicted octanol–water partition coefficient (Wildman–Crippen LogP) is 3.07. The number of carbonyl (C=O) groups is 2. The maximum absolute atomic E-state index is 12.1. The molecule has 1 aliphatic rings. The summed E-state index contributed by atoms with van der Waals surface area (Å²) in [6.07, 6.45) is 0.632. The van der Waals surface area contributed by atoms with Crippen LogP contribution in [0.25, 0.3) is 10.6 Å². The molecular weight excluding hydrogens is 344 g/mol. The van der Waals surface area contributed by atoms with Crippen molar-refractivity contribution < 1.29 is 9.59 Å². The van der Waals surface area contributed by atoms with Gasteiger partial charge in [-0.2, -0.15) is 5.10 Å². The van der Waals surface area contributed by atoms with Crippen molar-refractivity contribution in [3.8, 4) is 10.6 Å². The second kappa shape index (κ2) is 6.15. The van der Waals surface area contributed by atoms with Gasteiger partial charge >= 0.3 is 0 Å². The Balaban J connectivity index is 1.71. The summed E-state index contributed by atoms with van der Waals surface area (Å²) in [5.41, 5.74) is 1.10. The number of halogens is 1. The first-order chi connectivity index (χ1) is 10.5. The van der Waals surface area contributed by atoms with E-state index in [1.807, 2.05) is 17.5 Å². The molecule has 3 rings (SSSR count). The topological polar surface area (TPSA) is 74.7 Å². The Bertz CT molecular complexity index is 768. The van der Waals surface area contributed by atoms with Gasteiger partial charge in [0, 0.05) is 25.3 Å². The van der Waals surface area contributed by atoms with Gasteiger partial charge in [-0.15, -0.1) is 22.7 Å². The maximum Gasteiger partial charge on any atom is 0.273 e. The molecule has 1 aliphatic heterocycles. The molecule has 0 radical (unpaired) electrons. The number of rotatable bonds is 3. The van der Waals surface area contributed by atoms with Gasteiger partial charge in [0.1, 0.15) is 5.71 Å². The fraction of sp³-hybridized carbons (Fsp3) is 0.231. The molecule has 6 nitrogen and oxygen atoms in total. The van der Waals surface area contributed by atoms with Crippen LogP contribution in [0, 0.1) is 0 Å². The Hall–Kier alpha value is -1.77. The molecule has 0 saturated carbocycles. The van der Waals surface area contributed by atoms with E-state index in [-0.39, 0.29) is 11.8 Å². The largest absolute Gasteiger partial charge is 0.297 e. The molecule has 0 spiro atoms. The molecule has 0 bridgehead atoms. The minimum Gasteiger partial charge on any atom is -0.297 e. The van der Waals surface area contributed by atoms with Crippen molar-refractivity contribution in [3.05, 3.63) is 21.8 Å². The van der Waals surface area contributed by atoms with Crippen LogP contribution in [0.3, 0.4) is 0 Å². The highest BCUT2D eigenvalue weighted by atomic mass is 35.5. The molecular formula is C13H11ClN4O2S2. The van der Waals surface area contributed by atoms with Crippen LogP contribution < -0.4 is 5.32 Å². The van der Waals surface area contributed by atoms with E-state index in [2.05, 4.69) is 15.4 Å². The van der Waals surface area contributed by atoms with Gasteiger partial charge in [-0.25, -0.2) is 9.99 Å². The fourth-order valence-electron chi connectivity index (χ4n) is 1.90. The van der Waals surface area contributed by atoms with Crippen molar-refractivity contribution in [2.24, 2.45) is 5.10 Å². The Morgan fingerprint density at radius 3 is 2.91 bits per heavy atom. The molecule has 22 heavy (non-hydrogen) atoms. The molecule has 3 heterocycles. The molecule has 0 aliphatic carbocycles. The summed E-state index contributed by atoms with van der Waals surface area (Å²) >= 11 is 8.67. The number of hydrazone groups is 1. The van der Waals surface area contributed by atoms with Gasteiger partial charge in [0.25, 0.3) is 5.91 Å². The van der Waals surface area contributed by atoms with Crippen LogP contribution in [0.5, 0.6) is 0 Å². The molecule has 0 fully saturated rings. The third kappa shape index (κ3) is 3.18. The van der Waals surface area contributed by atoms with Crippen molar-refractivity contribution in [1.82, 2.24) is 9.99 Å². The van der Waals surface area contributed by atoms with Crippen LogP contribution in [0.4, 0.5) is 5.13 Å². The van der Waals surface area contributed by atoms with E-state index in [9.17, 15) is 9.59 Å². The molecule has 2 amide bonds. The number of hydrogen-bond acceptors (Lipinski definition) is 6. The van der Waals surface area contributed by atoms with Crippen molar-refractivity contribution >= 4 is 56.9 Å². The van der Waals surface area contributed by atoms with Gasteiger partial charge in [-0.05, 0) is 12.1 Å². The van der Waals surface area contributed by atoms with Gasteiger partial charge in [0.15, 0.2) is 5.13 Å².